The summed E-state index contributed by atoms with van der Waals surface area (Å²) in [5.74, 6) is 2.18. The molecule has 1 aliphatic rings. The van der Waals surface area contributed by atoms with Gasteiger partial charge in [0.25, 0.3) is 0 Å². The fraction of sp³-hybridized carbons (Fsp3) is 0.875. The topological polar surface area (TPSA) is 63.0 Å². The Kier molecular flexibility index (Phi) is 5.76. The van der Waals surface area contributed by atoms with Gasteiger partial charge in [0.1, 0.15) is 11.6 Å². The zero-order chi connectivity index (χ0) is 15.3. The first-order valence-corrected chi connectivity index (χ1v) is 8.42. The molecule has 1 aromatic rings. The monoisotopic (exact) mass is 294 g/mol. The quantitative estimate of drug-likeness (QED) is 0.811. The Bertz CT molecular complexity index is 431. The average molecular weight is 294 g/mol. The lowest BCUT2D eigenvalue weighted by atomic mass is 9.83. The summed E-state index contributed by atoms with van der Waals surface area (Å²) in [6.07, 6.45) is 6.73. The van der Waals surface area contributed by atoms with E-state index in [1.807, 2.05) is 0 Å². The molecule has 0 fully saturated rings. The van der Waals surface area contributed by atoms with Crippen molar-refractivity contribution in [3.8, 4) is 0 Å². The summed E-state index contributed by atoms with van der Waals surface area (Å²) in [6.45, 7) is 8.54. The molecule has 0 spiro atoms. The standard InChI is InChI=1S/C16H30N4O/c1-4-16(5-2,12-21)11-17-13(3)15-19-18-14-9-7-6-8-10-20(14)15/h13,17,21H,4-12H2,1-3H3. The van der Waals surface area contributed by atoms with Crippen molar-refractivity contribution in [3.63, 3.8) is 0 Å². The Balaban J connectivity index is 2.04. The summed E-state index contributed by atoms with van der Waals surface area (Å²) in [5.41, 5.74) is -0.0180. The smallest absolute Gasteiger partial charge is 0.149 e. The van der Waals surface area contributed by atoms with Crippen LogP contribution in [0.4, 0.5) is 0 Å². The molecule has 0 amide bonds. The average Bonchev–Trinajstić information content (AvgIpc) is 2.78. The zero-order valence-electron chi connectivity index (χ0n) is 13.7. The van der Waals surface area contributed by atoms with Crippen LogP contribution >= 0.6 is 0 Å². The van der Waals surface area contributed by atoms with Crippen molar-refractivity contribution < 1.29 is 5.11 Å². The van der Waals surface area contributed by atoms with Gasteiger partial charge in [-0.3, -0.25) is 0 Å². The Morgan fingerprint density at radius 2 is 2.00 bits per heavy atom. The maximum absolute atomic E-state index is 9.68. The van der Waals surface area contributed by atoms with Crippen LogP contribution in [0.3, 0.4) is 0 Å². The van der Waals surface area contributed by atoms with Crippen LogP contribution in [0.5, 0.6) is 0 Å². The van der Waals surface area contributed by atoms with Crippen LogP contribution in [0.2, 0.25) is 0 Å². The normalized spacial score (nSPS) is 17.3. The molecule has 0 radical (unpaired) electrons. The van der Waals surface area contributed by atoms with Crippen molar-refractivity contribution in [3.05, 3.63) is 11.6 Å². The van der Waals surface area contributed by atoms with E-state index >= 15 is 0 Å². The van der Waals surface area contributed by atoms with E-state index in [9.17, 15) is 5.11 Å². The highest BCUT2D eigenvalue weighted by Crippen LogP contribution is 2.26. The molecular formula is C16H30N4O. The SMILES string of the molecule is CCC(CC)(CO)CNC(C)c1nnc2n1CCCCC2. The number of nitrogens with one attached hydrogen (secondary N) is 1. The van der Waals surface area contributed by atoms with Gasteiger partial charge in [0.2, 0.25) is 0 Å². The number of hydrogen-bond donors (Lipinski definition) is 2. The van der Waals surface area contributed by atoms with Crippen molar-refractivity contribution >= 4 is 0 Å². The van der Waals surface area contributed by atoms with E-state index in [1.54, 1.807) is 0 Å². The first-order valence-electron chi connectivity index (χ1n) is 8.42. The Morgan fingerprint density at radius 3 is 2.67 bits per heavy atom. The second-order valence-corrected chi connectivity index (χ2v) is 6.40. The van der Waals surface area contributed by atoms with Crippen molar-refractivity contribution in [2.45, 2.75) is 71.9 Å². The van der Waals surface area contributed by atoms with E-state index in [0.717, 1.165) is 44.0 Å². The number of fused-ring (bicyclic) bond motifs is 1. The van der Waals surface area contributed by atoms with Crippen LogP contribution in [0.15, 0.2) is 0 Å². The molecule has 1 atom stereocenters. The fourth-order valence-electron chi connectivity index (χ4n) is 3.07. The van der Waals surface area contributed by atoms with Gasteiger partial charge in [-0.2, -0.15) is 0 Å². The van der Waals surface area contributed by atoms with Crippen molar-refractivity contribution in [1.82, 2.24) is 20.1 Å². The molecule has 2 N–H and O–H groups in total. The molecule has 1 unspecified atom stereocenters. The number of aryl methyl sites for hydroxylation is 1. The van der Waals surface area contributed by atoms with Crippen LogP contribution in [0.25, 0.3) is 0 Å². The third kappa shape index (κ3) is 3.64. The van der Waals surface area contributed by atoms with Gasteiger partial charge < -0.3 is 15.0 Å². The fourth-order valence-corrected chi connectivity index (χ4v) is 3.07. The number of aliphatic hydroxyl groups is 1. The van der Waals surface area contributed by atoms with Gasteiger partial charge in [-0.15, -0.1) is 10.2 Å². The first-order chi connectivity index (χ1) is 10.2. The van der Waals surface area contributed by atoms with Crippen molar-refractivity contribution in [2.75, 3.05) is 13.2 Å². The molecule has 1 aliphatic heterocycles. The Morgan fingerprint density at radius 1 is 1.24 bits per heavy atom. The Labute approximate surface area is 128 Å². The number of hydrogen-bond acceptors (Lipinski definition) is 4. The summed E-state index contributed by atoms with van der Waals surface area (Å²) in [5, 5.41) is 22.0. The number of aliphatic hydroxyl groups excluding tert-OH is 1. The summed E-state index contributed by atoms with van der Waals surface area (Å²) in [6, 6.07) is 0.174. The second-order valence-electron chi connectivity index (χ2n) is 6.40. The molecule has 0 aliphatic carbocycles. The highest BCUT2D eigenvalue weighted by Gasteiger charge is 2.27. The highest BCUT2D eigenvalue weighted by molar-refractivity contribution is 5.02. The number of aromatic nitrogens is 3. The summed E-state index contributed by atoms with van der Waals surface area (Å²) in [7, 11) is 0. The van der Waals surface area contributed by atoms with E-state index in [4.69, 9.17) is 0 Å². The summed E-state index contributed by atoms with van der Waals surface area (Å²) < 4.78 is 2.29. The number of nitrogens with zero attached hydrogens (tertiary/aromatic N) is 3. The van der Waals surface area contributed by atoms with Gasteiger partial charge in [0, 0.05) is 31.5 Å². The molecule has 5 heteroatoms. The molecule has 2 heterocycles. The predicted octanol–water partition coefficient (Wildman–Crippen LogP) is 2.45. The van der Waals surface area contributed by atoms with Gasteiger partial charge in [-0.25, -0.2) is 0 Å². The van der Waals surface area contributed by atoms with E-state index in [0.29, 0.717) is 0 Å². The van der Waals surface area contributed by atoms with Gasteiger partial charge in [-0.05, 0) is 32.6 Å². The highest BCUT2D eigenvalue weighted by atomic mass is 16.3. The molecule has 1 aromatic heterocycles. The maximum Gasteiger partial charge on any atom is 0.149 e. The first kappa shape index (κ1) is 16.4. The minimum Gasteiger partial charge on any atom is -0.396 e. The van der Waals surface area contributed by atoms with Crippen molar-refractivity contribution in [2.24, 2.45) is 5.41 Å². The van der Waals surface area contributed by atoms with Crippen LogP contribution in [0, 0.1) is 5.41 Å². The summed E-state index contributed by atoms with van der Waals surface area (Å²) in [4.78, 5) is 0. The Hall–Kier alpha value is -0.940. The third-order valence-corrected chi connectivity index (χ3v) is 5.14. The van der Waals surface area contributed by atoms with Crippen molar-refractivity contribution in [1.29, 1.82) is 0 Å². The molecule has 0 aromatic carbocycles. The maximum atomic E-state index is 9.68. The lowest BCUT2D eigenvalue weighted by Gasteiger charge is -2.31. The third-order valence-electron chi connectivity index (χ3n) is 5.14. The molecule has 5 nitrogen and oxygen atoms in total. The number of rotatable bonds is 7. The van der Waals surface area contributed by atoms with Crippen LogP contribution in [-0.2, 0) is 13.0 Å². The summed E-state index contributed by atoms with van der Waals surface area (Å²) >= 11 is 0. The molecule has 21 heavy (non-hydrogen) atoms. The molecular weight excluding hydrogens is 264 g/mol. The van der Waals surface area contributed by atoms with Crippen LogP contribution < -0.4 is 5.32 Å². The zero-order valence-corrected chi connectivity index (χ0v) is 13.7. The molecule has 2 rings (SSSR count). The predicted molar refractivity (Wildman–Crippen MR) is 84.1 cm³/mol. The van der Waals surface area contributed by atoms with E-state index in [1.165, 1.54) is 19.3 Å². The molecule has 120 valence electrons. The van der Waals surface area contributed by atoms with E-state index < -0.39 is 0 Å². The van der Waals surface area contributed by atoms with Crippen LogP contribution in [-0.4, -0.2) is 33.0 Å². The van der Waals surface area contributed by atoms with Gasteiger partial charge in [-0.1, -0.05) is 20.3 Å². The van der Waals surface area contributed by atoms with Gasteiger partial charge >= 0.3 is 0 Å². The minimum atomic E-state index is -0.0180. The van der Waals surface area contributed by atoms with E-state index in [2.05, 4.69) is 40.9 Å². The van der Waals surface area contributed by atoms with E-state index in [-0.39, 0.29) is 18.1 Å². The second kappa shape index (κ2) is 7.36. The van der Waals surface area contributed by atoms with Gasteiger partial charge in [0.05, 0.1) is 6.04 Å². The minimum absolute atomic E-state index is 0.0180. The lowest BCUT2D eigenvalue weighted by Crippen LogP contribution is -2.38. The molecule has 0 saturated carbocycles. The van der Waals surface area contributed by atoms with Crippen LogP contribution in [0.1, 0.15) is 70.6 Å². The largest absolute Gasteiger partial charge is 0.396 e. The molecule has 0 bridgehead atoms. The lowest BCUT2D eigenvalue weighted by molar-refractivity contribution is 0.110. The van der Waals surface area contributed by atoms with Gasteiger partial charge in [0.15, 0.2) is 0 Å². The molecule has 0 saturated heterocycles.